The highest BCUT2D eigenvalue weighted by Crippen LogP contribution is 2.36. The lowest BCUT2D eigenvalue weighted by atomic mass is 9.97. The largest absolute Gasteiger partial charge is 0.386 e. The number of hydrogen-bond acceptors (Lipinski definition) is 7. The van der Waals surface area contributed by atoms with Crippen LogP contribution >= 0.6 is 11.8 Å². The normalized spacial score (nSPS) is 10.8. The Balaban J connectivity index is 2.62. The van der Waals surface area contributed by atoms with E-state index in [1.54, 1.807) is 7.11 Å². The van der Waals surface area contributed by atoms with Gasteiger partial charge in [0.25, 0.3) is 0 Å². The Morgan fingerprint density at radius 2 is 2.04 bits per heavy atom. The maximum absolute atomic E-state index is 9.82. The Morgan fingerprint density at radius 1 is 1.32 bits per heavy atom. The smallest absolute Gasteiger partial charge is 0.146 e. The minimum atomic E-state index is 0.316. The zero-order valence-corrected chi connectivity index (χ0v) is 16.3. The second-order valence-corrected chi connectivity index (χ2v) is 6.46. The zero-order chi connectivity index (χ0) is 20.4. The van der Waals surface area contributed by atoms with Crippen LogP contribution in [0.3, 0.4) is 0 Å². The predicted molar refractivity (Wildman–Crippen MR) is 112 cm³/mol. The second-order valence-electron chi connectivity index (χ2n) is 5.49. The Labute approximate surface area is 168 Å². The van der Waals surface area contributed by atoms with Crippen molar-refractivity contribution in [3.05, 3.63) is 54.2 Å². The summed E-state index contributed by atoms with van der Waals surface area (Å²) in [5.41, 5.74) is 7.78. The summed E-state index contributed by atoms with van der Waals surface area (Å²) < 4.78 is 5.06. The lowest BCUT2D eigenvalue weighted by Gasteiger charge is -2.16. The molecule has 0 amide bonds. The molecule has 0 atom stereocenters. The standard InChI is InChI=1S/C20H20N6OS/c1-3-24-17(23)13-28-20-16(12-22)18(14-7-5-4-6-8-14)15(11-21)19(26-20)25-9-10-27-2/h3-8H,1,9-10,13H2,2H3,(H2,23,24)(H,25,26). The molecule has 0 aliphatic rings. The summed E-state index contributed by atoms with van der Waals surface area (Å²) in [5.74, 6) is 1.11. The quantitative estimate of drug-likeness (QED) is 0.291. The average molecular weight is 392 g/mol. The van der Waals surface area contributed by atoms with Gasteiger partial charge < -0.3 is 15.8 Å². The summed E-state index contributed by atoms with van der Waals surface area (Å²) >= 11 is 1.28. The number of benzene rings is 1. The first kappa shape index (κ1) is 21.0. The third-order valence-electron chi connectivity index (χ3n) is 3.66. The van der Waals surface area contributed by atoms with E-state index in [2.05, 4.69) is 34.0 Å². The monoisotopic (exact) mass is 392 g/mol. The highest BCUT2D eigenvalue weighted by Gasteiger charge is 2.21. The summed E-state index contributed by atoms with van der Waals surface area (Å²) in [6, 6.07) is 13.7. The summed E-state index contributed by atoms with van der Waals surface area (Å²) in [5, 5.41) is 23.2. The number of nitrogens with zero attached hydrogens (tertiary/aromatic N) is 4. The molecule has 0 fully saturated rings. The van der Waals surface area contributed by atoms with E-state index in [1.807, 2.05) is 30.3 Å². The first-order valence-electron chi connectivity index (χ1n) is 8.38. The molecular formula is C20H20N6OS. The number of nitrogens with two attached hydrogens (primary N) is 1. The van der Waals surface area contributed by atoms with Crippen molar-refractivity contribution >= 4 is 23.4 Å². The van der Waals surface area contributed by atoms with Crippen LogP contribution in [0.15, 0.2) is 53.1 Å². The maximum Gasteiger partial charge on any atom is 0.146 e. The van der Waals surface area contributed by atoms with Crippen LogP contribution in [0.5, 0.6) is 0 Å². The van der Waals surface area contributed by atoms with Gasteiger partial charge >= 0.3 is 0 Å². The number of amidine groups is 1. The van der Waals surface area contributed by atoms with E-state index in [-0.39, 0.29) is 0 Å². The molecule has 1 aromatic heterocycles. The summed E-state index contributed by atoms with van der Waals surface area (Å²) in [7, 11) is 1.59. The number of nitrogens with one attached hydrogen (secondary N) is 1. The highest BCUT2D eigenvalue weighted by molar-refractivity contribution is 8.00. The van der Waals surface area contributed by atoms with Gasteiger partial charge in [-0.2, -0.15) is 10.5 Å². The van der Waals surface area contributed by atoms with E-state index in [0.29, 0.717) is 52.3 Å². The van der Waals surface area contributed by atoms with E-state index in [4.69, 9.17) is 10.5 Å². The number of ether oxygens (including phenoxy) is 1. The van der Waals surface area contributed by atoms with Crippen molar-refractivity contribution in [1.82, 2.24) is 4.98 Å². The fraction of sp³-hybridized carbons (Fsp3) is 0.200. The summed E-state index contributed by atoms with van der Waals surface area (Å²) in [6.07, 6.45) is 1.36. The molecule has 2 aromatic rings. The van der Waals surface area contributed by atoms with Gasteiger partial charge in [0.15, 0.2) is 0 Å². The molecule has 3 N–H and O–H groups in total. The SMILES string of the molecule is C=CN=C(N)CSc1nc(NCCOC)c(C#N)c(-c2ccccc2)c1C#N. The number of aliphatic imine (C=N–C) groups is 1. The summed E-state index contributed by atoms with van der Waals surface area (Å²) in [4.78, 5) is 8.45. The molecule has 0 aliphatic carbocycles. The van der Waals surface area contributed by atoms with Crippen LogP contribution in [0.2, 0.25) is 0 Å². The van der Waals surface area contributed by atoms with Gasteiger partial charge in [0, 0.05) is 25.4 Å². The van der Waals surface area contributed by atoms with Crippen molar-refractivity contribution in [3.63, 3.8) is 0 Å². The molecule has 0 saturated carbocycles. The van der Waals surface area contributed by atoms with Gasteiger partial charge in [0.1, 0.15) is 34.4 Å². The number of anilines is 1. The Kier molecular flexibility index (Phi) is 8.04. The van der Waals surface area contributed by atoms with Crippen LogP contribution in [0, 0.1) is 22.7 Å². The minimum absolute atomic E-state index is 0.316. The van der Waals surface area contributed by atoms with E-state index >= 15 is 0 Å². The molecule has 0 aliphatic heterocycles. The van der Waals surface area contributed by atoms with Crippen molar-refractivity contribution in [1.29, 1.82) is 10.5 Å². The van der Waals surface area contributed by atoms with Gasteiger partial charge in [-0.05, 0) is 5.56 Å². The van der Waals surface area contributed by atoms with Crippen LogP contribution in [-0.2, 0) is 4.74 Å². The third kappa shape index (κ3) is 5.10. The Bertz CT molecular complexity index is 944. The van der Waals surface area contributed by atoms with E-state index in [9.17, 15) is 10.5 Å². The first-order valence-corrected chi connectivity index (χ1v) is 9.37. The first-order chi connectivity index (χ1) is 13.7. The van der Waals surface area contributed by atoms with Gasteiger partial charge in [-0.3, -0.25) is 0 Å². The number of nitriles is 2. The average Bonchev–Trinajstić information content (AvgIpc) is 2.72. The van der Waals surface area contributed by atoms with Gasteiger partial charge in [0.05, 0.1) is 17.9 Å². The predicted octanol–water partition coefficient (Wildman–Crippen LogP) is 3.14. The molecule has 1 aromatic carbocycles. The molecule has 1 heterocycles. The number of pyridine rings is 1. The number of rotatable bonds is 9. The molecule has 0 saturated heterocycles. The fourth-order valence-corrected chi connectivity index (χ4v) is 3.28. The molecular weight excluding hydrogens is 372 g/mol. The second kappa shape index (κ2) is 10.7. The van der Waals surface area contributed by atoms with Crippen LogP contribution in [-0.4, -0.2) is 36.8 Å². The summed E-state index contributed by atoms with van der Waals surface area (Å²) in [6.45, 7) is 4.45. The molecule has 28 heavy (non-hydrogen) atoms. The maximum atomic E-state index is 9.82. The van der Waals surface area contributed by atoms with Gasteiger partial charge in [-0.1, -0.05) is 48.7 Å². The minimum Gasteiger partial charge on any atom is -0.386 e. The highest BCUT2D eigenvalue weighted by atomic mass is 32.2. The van der Waals surface area contributed by atoms with Gasteiger partial charge in [-0.15, -0.1) is 0 Å². The zero-order valence-electron chi connectivity index (χ0n) is 15.5. The number of hydrogen-bond donors (Lipinski definition) is 2. The van der Waals surface area contributed by atoms with Gasteiger partial charge in [0.2, 0.25) is 0 Å². The topological polar surface area (TPSA) is 120 Å². The van der Waals surface area contributed by atoms with Crippen molar-refractivity contribution < 1.29 is 4.74 Å². The molecule has 0 radical (unpaired) electrons. The molecule has 7 nitrogen and oxygen atoms in total. The molecule has 2 rings (SSSR count). The molecule has 0 unspecified atom stereocenters. The molecule has 0 bridgehead atoms. The van der Waals surface area contributed by atoms with Crippen molar-refractivity contribution in [2.75, 3.05) is 31.3 Å². The Morgan fingerprint density at radius 3 is 2.64 bits per heavy atom. The number of aromatic nitrogens is 1. The molecule has 8 heteroatoms. The van der Waals surface area contributed by atoms with Crippen molar-refractivity contribution in [2.24, 2.45) is 10.7 Å². The van der Waals surface area contributed by atoms with E-state index < -0.39 is 0 Å². The lowest BCUT2D eigenvalue weighted by Crippen LogP contribution is -2.15. The third-order valence-corrected chi connectivity index (χ3v) is 4.67. The van der Waals surface area contributed by atoms with Crippen LogP contribution in [0.1, 0.15) is 11.1 Å². The van der Waals surface area contributed by atoms with Crippen LogP contribution < -0.4 is 11.1 Å². The number of thioether (sulfide) groups is 1. The Hall–Kier alpha value is -3.33. The number of methoxy groups -OCH3 is 1. The van der Waals surface area contributed by atoms with E-state index in [1.165, 1.54) is 18.0 Å². The fourth-order valence-electron chi connectivity index (χ4n) is 2.47. The van der Waals surface area contributed by atoms with Crippen LogP contribution in [0.4, 0.5) is 5.82 Å². The lowest BCUT2D eigenvalue weighted by molar-refractivity contribution is 0.210. The van der Waals surface area contributed by atoms with Gasteiger partial charge in [-0.25, -0.2) is 9.98 Å². The molecule has 142 valence electrons. The van der Waals surface area contributed by atoms with E-state index in [0.717, 1.165) is 5.56 Å². The van der Waals surface area contributed by atoms with Crippen molar-refractivity contribution in [3.8, 4) is 23.3 Å². The van der Waals surface area contributed by atoms with Crippen molar-refractivity contribution in [2.45, 2.75) is 5.03 Å². The van der Waals surface area contributed by atoms with Crippen LogP contribution in [0.25, 0.3) is 11.1 Å². The molecule has 0 spiro atoms.